The van der Waals surface area contributed by atoms with E-state index in [1.165, 1.54) is 19.1 Å². The fraction of sp³-hybridized carbons (Fsp3) is 0.0909. The van der Waals surface area contributed by atoms with Crippen LogP contribution < -0.4 is 0 Å². The average molecular weight is 334 g/mol. The molecule has 0 radical (unpaired) electrons. The minimum absolute atomic E-state index is 0.0569. The van der Waals surface area contributed by atoms with Gasteiger partial charge in [0.05, 0.1) is 10.7 Å². The van der Waals surface area contributed by atoms with Crippen LogP contribution in [0.3, 0.4) is 0 Å². The Labute approximate surface area is 123 Å². The quantitative estimate of drug-likeness (QED) is 0.792. The lowest BCUT2D eigenvalue weighted by Crippen LogP contribution is -2.08. The van der Waals surface area contributed by atoms with Crippen molar-refractivity contribution in [1.82, 2.24) is 9.78 Å². The molecule has 0 fully saturated rings. The summed E-state index contributed by atoms with van der Waals surface area (Å²) in [4.78, 5) is 0. The third-order valence-electron chi connectivity index (χ3n) is 2.51. The van der Waals surface area contributed by atoms with E-state index in [1.807, 2.05) is 0 Å². The van der Waals surface area contributed by atoms with Crippen LogP contribution >= 0.6 is 22.3 Å². The number of para-hydroxylation sites is 1. The van der Waals surface area contributed by atoms with Gasteiger partial charge in [0.15, 0.2) is 5.03 Å². The van der Waals surface area contributed by atoms with Crippen molar-refractivity contribution in [2.75, 3.05) is 0 Å². The van der Waals surface area contributed by atoms with Crippen molar-refractivity contribution in [3.8, 4) is 11.8 Å². The number of nitriles is 1. The number of benzene rings is 1. The summed E-state index contributed by atoms with van der Waals surface area (Å²) in [6, 6.07) is 5.51. The van der Waals surface area contributed by atoms with Crippen LogP contribution in [0.5, 0.6) is 0 Å². The Morgan fingerprint density at radius 2 is 2.10 bits per heavy atom. The molecule has 0 aliphatic rings. The van der Waals surface area contributed by atoms with E-state index >= 15 is 0 Å². The van der Waals surface area contributed by atoms with Gasteiger partial charge in [-0.15, -0.1) is 0 Å². The fourth-order valence-corrected chi connectivity index (χ4v) is 3.15. The molecule has 0 aliphatic heterocycles. The molecule has 0 amide bonds. The molecule has 1 aromatic heterocycles. The molecule has 1 heterocycles. The van der Waals surface area contributed by atoms with Crippen molar-refractivity contribution < 1.29 is 12.8 Å². The van der Waals surface area contributed by atoms with Crippen LogP contribution in [0.4, 0.5) is 4.39 Å². The number of nitrogens with zero attached hydrogens (tertiary/aromatic N) is 3. The summed E-state index contributed by atoms with van der Waals surface area (Å²) in [7, 11) is 0.998. The number of hydrogen-bond acceptors (Lipinski definition) is 4. The van der Waals surface area contributed by atoms with Crippen LogP contribution in [0.2, 0.25) is 5.02 Å². The summed E-state index contributed by atoms with van der Waals surface area (Å²) < 4.78 is 37.9. The first-order valence-electron chi connectivity index (χ1n) is 5.16. The predicted octanol–water partition coefficient (Wildman–Crippen LogP) is 2.77. The first-order valence-corrected chi connectivity index (χ1v) is 7.85. The first kappa shape index (κ1) is 14.8. The highest BCUT2D eigenvalue weighted by molar-refractivity contribution is 8.13. The van der Waals surface area contributed by atoms with Crippen LogP contribution in [0, 0.1) is 24.1 Å². The van der Waals surface area contributed by atoms with Gasteiger partial charge < -0.3 is 0 Å². The maximum atomic E-state index is 13.9. The number of hydrogen-bond donors (Lipinski definition) is 0. The van der Waals surface area contributed by atoms with E-state index in [-0.39, 0.29) is 22.0 Å². The molecule has 0 unspecified atom stereocenters. The number of aromatic nitrogens is 2. The number of rotatable bonds is 2. The molecule has 0 aliphatic carbocycles. The van der Waals surface area contributed by atoms with Gasteiger partial charge >= 0.3 is 0 Å². The van der Waals surface area contributed by atoms with E-state index in [0.717, 1.165) is 10.7 Å². The van der Waals surface area contributed by atoms with Crippen molar-refractivity contribution >= 4 is 31.3 Å². The third kappa shape index (κ3) is 2.38. The molecule has 2 rings (SSSR count). The minimum Gasteiger partial charge on any atom is -0.215 e. The van der Waals surface area contributed by atoms with Gasteiger partial charge in [0.2, 0.25) is 0 Å². The van der Waals surface area contributed by atoms with Crippen molar-refractivity contribution in [3.05, 3.63) is 40.3 Å². The lowest BCUT2D eigenvalue weighted by molar-refractivity contribution is 0.585. The van der Waals surface area contributed by atoms with Crippen molar-refractivity contribution in [1.29, 1.82) is 5.26 Å². The minimum atomic E-state index is -4.31. The summed E-state index contributed by atoms with van der Waals surface area (Å²) in [6.07, 6.45) is 0. The van der Waals surface area contributed by atoms with Crippen molar-refractivity contribution in [2.45, 2.75) is 11.9 Å². The highest BCUT2D eigenvalue weighted by atomic mass is 35.7. The number of halogens is 3. The Balaban J connectivity index is 2.94. The van der Waals surface area contributed by atoms with Gasteiger partial charge in [-0.3, -0.25) is 0 Å². The van der Waals surface area contributed by atoms with E-state index in [9.17, 15) is 12.8 Å². The molecule has 0 bridgehead atoms. The maximum absolute atomic E-state index is 13.9. The molecule has 0 saturated carbocycles. The highest BCUT2D eigenvalue weighted by Crippen LogP contribution is 2.30. The molecule has 0 N–H and O–H groups in total. The maximum Gasteiger partial charge on any atom is 0.280 e. The molecule has 0 spiro atoms. The zero-order chi connectivity index (χ0) is 15.1. The smallest absolute Gasteiger partial charge is 0.215 e. The first-order chi connectivity index (χ1) is 9.27. The fourth-order valence-electron chi connectivity index (χ4n) is 1.70. The van der Waals surface area contributed by atoms with Crippen LogP contribution in [-0.2, 0) is 9.05 Å². The molecule has 0 atom stereocenters. The predicted molar refractivity (Wildman–Crippen MR) is 71.0 cm³/mol. The van der Waals surface area contributed by atoms with Crippen LogP contribution in [0.25, 0.3) is 5.69 Å². The normalized spacial score (nSPS) is 11.3. The Kier molecular flexibility index (Phi) is 3.73. The second-order valence-corrected chi connectivity index (χ2v) is 6.69. The summed E-state index contributed by atoms with van der Waals surface area (Å²) in [5.74, 6) is -0.786. The van der Waals surface area contributed by atoms with E-state index < -0.39 is 19.9 Å². The zero-order valence-electron chi connectivity index (χ0n) is 9.93. The van der Waals surface area contributed by atoms with E-state index in [4.69, 9.17) is 27.5 Å². The summed E-state index contributed by atoms with van der Waals surface area (Å²) in [5.41, 5.74) is -0.427. The van der Waals surface area contributed by atoms with Crippen LogP contribution in [-0.4, -0.2) is 18.2 Å². The average Bonchev–Trinajstić information content (AvgIpc) is 2.65. The van der Waals surface area contributed by atoms with Gasteiger partial charge in [0.25, 0.3) is 9.05 Å². The van der Waals surface area contributed by atoms with E-state index in [2.05, 4.69) is 5.10 Å². The van der Waals surface area contributed by atoms with Gasteiger partial charge in [-0.25, -0.2) is 17.5 Å². The highest BCUT2D eigenvalue weighted by Gasteiger charge is 2.28. The van der Waals surface area contributed by atoms with Crippen LogP contribution in [0.1, 0.15) is 11.3 Å². The molecule has 2 aromatic rings. The number of aryl methyl sites for hydroxylation is 1. The molecule has 9 heteroatoms. The lowest BCUT2D eigenvalue weighted by atomic mass is 10.3. The summed E-state index contributed by atoms with van der Waals surface area (Å²) in [6.45, 7) is 1.41. The Bertz CT molecular complexity index is 820. The van der Waals surface area contributed by atoms with Gasteiger partial charge in [0, 0.05) is 10.7 Å². The summed E-state index contributed by atoms with van der Waals surface area (Å²) in [5, 5.41) is 12.2. The van der Waals surface area contributed by atoms with Crippen LogP contribution in [0.15, 0.2) is 23.2 Å². The summed E-state index contributed by atoms with van der Waals surface area (Å²) >= 11 is 5.87. The molecule has 1 aromatic carbocycles. The topological polar surface area (TPSA) is 75.8 Å². The van der Waals surface area contributed by atoms with Gasteiger partial charge in [0.1, 0.15) is 23.1 Å². The van der Waals surface area contributed by atoms with Crippen molar-refractivity contribution in [2.24, 2.45) is 0 Å². The Hall–Kier alpha value is -1.62. The molecular weight excluding hydrogens is 328 g/mol. The zero-order valence-corrected chi connectivity index (χ0v) is 12.3. The van der Waals surface area contributed by atoms with E-state index in [0.29, 0.717) is 0 Å². The van der Waals surface area contributed by atoms with Gasteiger partial charge in [-0.05, 0) is 19.1 Å². The lowest BCUT2D eigenvalue weighted by Gasteiger charge is -2.08. The molecule has 20 heavy (non-hydrogen) atoms. The SMILES string of the molecule is Cc1nn(-c2c(F)cccc2Cl)c(S(=O)(=O)Cl)c1C#N. The van der Waals surface area contributed by atoms with Gasteiger partial charge in [-0.1, -0.05) is 17.7 Å². The van der Waals surface area contributed by atoms with E-state index in [1.54, 1.807) is 6.07 Å². The largest absolute Gasteiger partial charge is 0.280 e. The Morgan fingerprint density at radius 1 is 1.45 bits per heavy atom. The molecule has 104 valence electrons. The standard InChI is InChI=1S/C11H6Cl2FN3O2S/c1-6-7(5-15)11(20(13,18)19)17(16-6)10-8(12)3-2-4-9(10)14/h2-4H,1H3. The second kappa shape index (κ2) is 5.05. The second-order valence-electron chi connectivity index (χ2n) is 3.80. The molecular formula is C11H6Cl2FN3O2S. The van der Waals surface area contributed by atoms with Gasteiger partial charge in [-0.2, -0.15) is 10.4 Å². The third-order valence-corrected chi connectivity index (χ3v) is 4.09. The van der Waals surface area contributed by atoms with Crippen molar-refractivity contribution in [3.63, 3.8) is 0 Å². The Morgan fingerprint density at radius 3 is 2.60 bits per heavy atom. The molecule has 0 saturated heterocycles. The monoisotopic (exact) mass is 333 g/mol. The molecule has 5 nitrogen and oxygen atoms in total.